The summed E-state index contributed by atoms with van der Waals surface area (Å²) in [6.45, 7) is 19.7. The van der Waals surface area contributed by atoms with Gasteiger partial charge in [0.2, 0.25) is 0 Å². The zero-order valence-corrected chi connectivity index (χ0v) is 24.4. The van der Waals surface area contributed by atoms with Crippen molar-refractivity contribution in [2.75, 3.05) is 13.2 Å². The minimum atomic E-state index is -0.884. The lowest BCUT2D eigenvalue weighted by atomic mass is 9.32. The third-order valence-electron chi connectivity index (χ3n) is 13.9. The van der Waals surface area contributed by atoms with E-state index >= 15 is 0 Å². The molecule has 0 aromatic rings. The Morgan fingerprint density at radius 2 is 1.65 bits per heavy atom. The van der Waals surface area contributed by atoms with Crippen LogP contribution < -0.4 is 5.48 Å². The lowest BCUT2D eigenvalue weighted by Gasteiger charge is -2.73. The second-order valence-corrected chi connectivity index (χ2v) is 15.4. The van der Waals surface area contributed by atoms with Gasteiger partial charge in [-0.25, -0.2) is 0 Å². The quantitative estimate of drug-likeness (QED) is 0.211. The van der Waals surface area contributed by atoms with Gasteiger partial charge in [-0.1, -0.05) is 46.8 Å². The van der Waals surface area contributed by atoms with Crippen LogP contribution >= 0.6 is 0 Å². The molecule has 0 heterocycles. The average molecular weight is 516 g/mol. The van der Waals surface area contributed by atoms with Gasteiger partial charge in [-0.05, 0) is 128 Å². The molecule has 5 fully saturated rings. The van der Waals surface area contributed by atoms with Gasteiger partial charge in [-0.3, -0.25) is 4.79 Å². The van der Waals surface area contributed by atoms with Crippen molar-refractivity contribution in [1.29, 1.82) is 0 Å². The summed E-state index contributed by atoms with van der Waals surface area (Å²) >= 11 is 0. The molecule has 5 rings (SSSR count). The highest BCUT2D eigenvalue weighted by atomic mass is 16.6. The first kappa shape index (κ1) is 27.6. The molecule has 0 radical (unpaired) electrons. The first-order valence-electron chi connectivity index (χ1n) is 15.1. The molecule has 37 heavy (non-hydrogen) atoms. The summed E-state index contributed by atoms with van der Waals surface area (Å²) < 4.78 is 0. The molecule has 0 aliphatic heterocycles. The molecule has 5 saturated carbocycles. The number of allylic oxidation sites excluding steroid dienone is 1. The molecular formula is C32H53NO4. The molecule has 0 unspecified atom stereocenters. The Morgan fingerprint density at radius 1 is 0.919 bits per heavy atom. The number of hydroxylamine groups is 1. The lowest BCUT2D eigenvalue weighted by Crippen LogP contribution is -2.66. The smallest absolute Gasteiger partial charge is 0.319 e. The molecule has 5 aliphatic carbocycles. The second kappa shape index (κ2) is 9.06. The minimum Gasteiger partial charge on any atom is -0.480 e. The molecule has 0 amide bonds. The Labute approximate surface area is 225 Å². The number of aliphatic hydroxyl groups is 1. The van der Waals surface area contributed by atoms with Crippen molar-refractivity contribution in [2.24, 2.45) is 56.7 Å². The summed E-state index contributed by atoms with van der Waals surface area (Å²) in [7, 11) is 0. The number of aliphatic hydroxyl groups excluding tert-OH is 1. The average Bonchev–Trinajstić information content (AvgIpc) is 3.20. The van der Waals surface area contributed by atoms with Crippen molar-refractivity contribution in [1.82, 2.24) is 5.48 Å². The molecule has 0 saturated heterocycles. The number of fused-ring (bicyclic) bond motifs is 7. The molecule has 210 valence electrons. The van der Waals surface area contributed by atoms with E-state index < -0.39 is 5.97 Å². The Morgan fingerprint density at radius 3 is 2.32 bits per heavy atom. The van der Waals surface area contributed by atoms with Gasteiger partial charge in [-0.15, -0.1) is 0 Å². The lowest BCUT2D eigenvalue weighted by molar-refractivity contribution is -0.251. The predicted molar refractivity (Wildman–Crippen MR) is 147 cm³/mol. The number of rotatable bonds is 6. The summed E-state index contributed by atoms with van der Waals surface area (Å²) in [5.74, 6) is 2.15. The van der Waals surface area contributed by atoms with E-state index in [1.54, 1.807) is 0 Å². The third kappa shape index (κ3) is 3.84. The molecule has 10 atom stereocenters. The number of carboxylic acid groups (broad SMARTS) is 1. The summed E-state index contributed by atoms with van der Waals surface area (Å²) in [6, 6.07) is 0. The number of hydrogen-bond acceptors (Lipinski definition) is 4. The fourth-order valence-corrected chi connectivity index (χ4v) is 11.8. The topological polar surface area (TPSA) is 78.8 Å². The van der Waals surface area contributed by atoms with Gasteiger partial charge in [0.05, 0.1) is 12.7 Å². The zero-order chi connectivity index (χ0) is 27.0. The van der Waals surface area contributed by atoms with E-state index in [-0.39, 0.29) is 28.9 Å². The van der Waals surface area contributed by atoms with Crippen LogP contribution in [-0.4, -0.2) is 35.4 Å². The van der Waals surface area contributed by atoms with Gasteiger partial charge in [0, 0.05) is 0 Å². The van der Waals surface area contributed by atoms with E-state index in [2.05, 4.69) is 53.6 Å². The maximum atomic E-state index is 11.0. The van der Waals surface area contributed by atoms with E-state index in [9.17, 15) is 9.90 Å². The van der Waals surface area contributed by atoms with Crippen molar-refractivity contribution in [2.45, 2.75) is 112 Å². The summed E-state index contributed by atoms with van der Waals surface area (Å²) in [5, 5.41) is 20.0. The Bertz CT molecular complexity index is 932. The molecular weight excluding hydrogens is 462 g/mol. The van der Waals surface area contributed by atoms with Crippen molar-refractivity contribution < 1.29 is 19.8 Å². The maximum Gasteiger partial charge on any atom is 0.319 e. The van der Waals surface area contributed by atoms with E-state index in [4.69, 9.17) is 9.94 Å². The van der Waals surface area contributed by atoms with Crippen LogP contribution in [0.25, 0.3) is 0 Å². The normalized spacial score (nSPS) is 50.4. The third-order valence-corrected chi connectivity index (χ3v) is 13.9. The van der Waals surface area contributed by atoms with E-state index in [1.807, 2.05) is 0 Å². The van der Waals surface area contributed by atoms with Crippen LogP contribution in [-0.2, 0) is 9.63 Å². The standard InChI is InChI=1S/C32H53NO4/c1-20(2)21-10-15-32(19-37-33-18-26(35)36)17-16-30(6)22(27(21)32)8-9-24-29(5)13-12-25(34)28(3,4)23(29)11-14-31(24,30)7/h21-25,27,33-34H,1,8-19H2,2-7H3,(H,35,36)/t21-,22+,23-,24+,25-,27+,29-,30+,31+,32+/m0/s1. The number of aliphatic carboxylic acids is 1. The molecule has 0 bridgehead atoms. The van der Waals surface area contributed by atoms with Crippen molar-refractivity contribution >= 4 is 5.97 Å². The highest BCUT2D eigenvalue weighted by molar-refractivity contribution is 5.68. The number of carbonyl (C=O) groups is 1. The summed E-state index contributed by atoms with van der Waals surface area (Å²) in [5.41, 5.74) is 5.03. The summed E-state index contributed by atoms with van der Waals surface area (Å²) in [6.07, 6.45) is 11.7. The highest BCUT2D eigenvalue weighted by Crippen LogP contribution is 2.77. The number of nitrogens with one attached hydrogen (secondary N) is 1. The summed E-state index contributed by atoms with van der Waals surface area (Å²) in [4.78, 5) is 16.9. The van der Waals surface area contributed by atoms with Gasteiger partial charge < -0.3 is 15.1 Å². The van der Waals surface area contributed by atoms with Gasteiger partial charge in [-0.2, -0.15) is 5.48 Å². The molecule has 0 spiro atoms. The first-order chi connectivity index (χ1) is 17.2. The molecule has 0 aromatic heterocycles. The molecule has 0 aromatic carbocycles. The van der Waals surface area contributed by atoms with Gasteiger partial charge >= 0.3 is 5.97 Å². The largest absolute Gasteiger partial charge is 0.480 e. The monoisotopic (exact) mass is 515 g/mol. The van der Waals surface area contributed by atoms with Crippen LogP contribution in [0, 0.1) is 56.7 Å². The van der Waals surface area contributed by atoms with Gasteiger partial charge in [0.1, 0.15) is 6.54 Å². The molecule has 5 aliphatic rings. The van der Waals surface area contributed by atoms with Crippen LogP contribution in [0.5, 0.6) is 0 Å². The maximum absolute atomic E-state index is 11.0. The Kier molecular flexibility index (Phi) is 6.77. The van der Waals surface area contributed by atoms with E-state index in [0.29, 0.717) is 47.0 Å². The molecule has 5 nitrogen and oxygen atoms in total. The number of hydrogen-bond donors (Lipinski definition) is 3. The van der Waals surface area contributed by atoms with Crippen LogP contribution in [0.1, 0.15) is 106 Å². The second-order valence-electron chi connectivity index (χ2n) is 15.4. The van der Waals surface area contributed by atoms with Crippen LogP contribution in [0.15, 0.2) is 12.2 Å². The van der Waals surface area contributed by atoms with Crippen LogP contribution in [0.3, 0.4) is 0 Å². The van der Waals surface area contributed by atoms with Crippen LogP contribution in [0.2, 0.25) is 0 Å². The first-order valence-corrected chi connectivity index (χ1v) is 15.1. The molecule has 3 N–H and O–H groups in total. The van der Waals surface area contributed by atoms with Crippen molar-refractivity contribution in [3.05, 3.63) is 12.2 Å². The van der Waals surface area contributed by atoms with Crippen molar-refractivity contribution in [3.8, 4) is 0 Å². The number of carboxylic acids is 1. The SMILES string of the molecule is C=C(C)[C@@H]1CC[C@]2(CONCC(=O)O)CC[C@]3(C)[C@H](CC[C@@H]4[C@@]5(C)CC[C@H](O)C(C)(C)[C@@H]5CC[C@]43C)[C@@H]12. The predicted octanol–water partition coefficient (Wildman–Crippen LogP) is 6.61. The Hall–Kier alpha value is -0.910. The fraction of sp³-hybridized carbons (Fsp3) is 0.906. The zero-order valence-electron chi connectivity index (χ0n) is 24.4. The van der Waals surface area contributed by atoms with E-state index in [1.165, 1.54) is 44.1 Å². The fourth-order valence-electron chi connectivity index (χ4n) is 11.8. The van der Waals surface area contributed by atoms with Crippen molar-refractivity contribution in [3.63, 3.8) is 0 Å². The Balaban J connectivity index is 1.47. The van der Waals surface area contributed by atoms with E-state index in [0.717, 1.165) is 25.7 Å². The van der Waals surface area contributed by atoms with Gasteiger partial charge in [0.25, 0.3) is 0 Å². The minimum absolute atomic E-state index is 0.00933. The van der Waals surface area contributed by atoms with Crippen LogP contribution in [0.4, 0.5) is 0 Å². The van der Waals surface area contributed by atoms with Gasteiger partial charge in [0.15, 0.2) is 0 Å². The highest BCUT2D eigenvalue weighted by Gasteiger charge is 2.70. The molecule has 5 heteroatoms.